The molecule has 0 atom stereocenters. The van der Waals surface area contributed by atoms with E-state index in [1.165, 1.54) is 4.70 Å². The van der Waals surface area contributed by atoms with E-state index in [0.717, 1.165) is 60.1 Å². The highest BCUT2D eigenvalue weighted by atomic mass is 32.1. The molecule has 0 aliphatic carbocycles. The zero-order valence-corrected chi connectivity index (χ0v) is 22.6. The molecule has 0 spiro atoms. The van der Waals surface area contributed by atoms with Gasteiger partial charge in [-0.25, -0.2) is 19.9 Å². The molecule has 5 nitrogen and oxygen atoms in total. The number of thiophene rings is 1. The van der Waals surface area contributed by atoms with Gasteiger partial charge in [0.05, 0.1) is 27.1 Å². The first-order chi connectivity index (χ1) is 20.3. The molecule has 8 rings (SSSR count). The number of hydrogen-bond acceptors (Lipinski definition) is 6. The first kappa shape index (κ1) is 23.5. The molecule has 0 bridgehead atoms. The second-order valence-corrected chi connectivity index (χ2v) is 10.8. The number of aromatic nitrogens is 5. The van der Waals surface area contributed by atoms with Crippen molar-refractivity contribution in [1.82, 2.24) is 24.9 Å². The fourth-order valence-electron chi connectivity index (χ4n) is 5.21. The number of hydrogen-bond donors (Lipinski definition) is 0. The molecule has 0 unspecified atom stereocenters. The predicted octanol–water partition coefficient (Wildman–Crippen LogP) is 8.85. The maximum absolute atomic E-state index is 5.09. The van der Waals surface area contributed by atoms with Crippen molar-refractivity contribution >= 4 is 42.5 Å². The Balaban J connectivity index is 1.26. The van der Waals surface area contributed by atoms with Crippen LogP contribution in [-0.2, 0) is 0 Å². The minimum atomic E-state index is 0.666. The van der Waals surface area contributed by atoms with Crippen molar-refractivity contribution in [1.29, 1.82) is 0 Å². The molecule has 0 fully saturated rings. The van der Waals surface area contributed by atoms with Crippen molar-refractivity contribution < 1.29 is 0 Å². The summed E-state index contributed by atoms with van der Waals surface area (Å²) < 4.78 is 2.31. The van der Waals surface area contributed by atoms with Gasteiger partial charge in [-0.15, -0.1) is 11.3 Å². The van der Waals surface area contributed by atoms with E-state index in [1.54, 1.807) is 17.5 Å². The lowest BCUT2D eigenvalue weighted by Gasteiger charge is -2.10. The van der Waals surface area contributed by atoms with E-state index in [2.05, 4.69) is 59.6 Å². The first-order valence-corrected chi connectivity index (χ1v) is 14.2. The third-order valence-corrected chi connectivity index (χ3v) is 8.37. The molecule has 0 radical (unpaired) electrons. The zero-order valence-electron chi connectivity index (χ0n) is 21.8. The number of para-hydroxylation sites is 1. The van der Waals surface area contributed by atoms with Gasteiger partial charge in [0.2, 0.25) is 0 Å². The van der Waals surface area contributed by atoms with Gasteiger partial charge in [0.25, 0.3) is 0 Å². The lowest BCUT2D eigenvalue weighted by Crippen LogP contribution is -1.96. The molecular weight excluding hydrogens is 522 g/mol. The molecule has 0 saturated heterocycles. The monoisotopic (exact) mass is 543 g/mol. The Morgan fingerprint density at radius 2 is 1.12 bits per heavy atom. The molecule has 8 aromatic rings. The van der Waals surface area contributed by atoms with Crippen molar-refractivity contribution in [2.45, 2.75) is 0 Å². The van der Waals surface area contributed by atoms with E-state index in [1.807, 2.05) is 66.9 Å². The van der Waals surface area contributed by atoms with E-state index in [-0.39, 0.29) is 0 Å². The second kappa shape index (κ2) is 9.70. The molecule has 0 amide bonds. The minimum Gasteiger partial charge on any atom is -0.264 e. The van der Waals surface area contributed by atoms with Gasteiger partial charge < -0.3 is 0 Å². The molecule has 0 saturated carbocycles. The van der Waals surface area contributed by atoms with Gasteiger partial charge in [0, 0.05) is 50.1 Å². The molecular formula is C35H21N5S. The largest absolute Gasteiger partial charge is 0.264 e. The van der Waals surface area contributed by atoms with Crippen LogP contribution in [0.25, 0.3) is 76.5 Å². The average Bonchev–Trinajstić information content (AvgIpc) is 3.43. The number of benzene rings is 4. The summed E-state index contributed by atoms with van der Waals surface area (Å²) in [5.41, 5.74) is 7.61. The van der Waals surface area contributed by atoms with E-state index in [0.29, 0.717) is 11.6 Å². The molecule has 192 valence electrons. The molecule has 0 aliphatic rings. The van der Waals surface area contributed by atoms with Crippen LogP contribution in [0.3, 0.4) is 0 Å². The highest BCUT2D eigenvalue weighted by Gasteiger charge is 2.17. The van der Waals surface area contributed by atoms with Crippen molar-refractivity contribution in [3.8, 4) is 45.3 Å². The van der Waals surface area contributed by atoms with Crippen molar-refractivity contribution in [3.05, 3.63) is 128 Å². The van der Waals surface area contributed by atoms with Crippen LogP contribution in [-0.4, -0.2) is 24.9 Å². The minimum absolute atomic E-state index is 0.666. The summed E-state index contributed by atoms with van der Waals surface area (Å²) in [6.07, 6.45) is 3.61. The van der Waals surface area contributed by atoms with Crippen LogP contribution >= 0.6 is 11.3 Å². The molecule has 4 heterocycles. The van der Waals surface area contributed by atoms with Crippen LogP contribution in [0, 0.1) is 0 Å². The van der Waals surface area contributed by atoms with Crippen molar-refractivity contribution in [2.75, 3.05) is 0 Å². The van der Waals surface area contributed by atoms with Crippen LogP contribution in [0.2, 0.25) is 0 Å². The lowest BCUT2D eigenvalue weighted by molar-refractivity contribution is 1.21. The van der Waals surface area contributed by atoms with Gasteiger partial charge in [-0.3, -0.25) is 4.98 Å². The maximum atomic E-state index is 5.09. The third kappa shape index (κ3) is 4.13. The Morgan fingerprint density at radius 1 is 0.463 bits per heavy atom. The molecule has 6 heteroatoms. The summed E-state index contributed by atoms with van der Waals surface area (Å²) >= 11 is 1.74. The Kier molecular flexibility index (Phi) is 5.57. The van der Waals surface area contributed by atoms with Gasteiger partial charge in [-0.1, -0.05) is 91.0 Å². The maximum Gasteiger partial charge on any atom is 0.160 e. The zero-order chi connectivity index (χ0) is 27.2. The van der Waals surface area contributed by atoms with E-state index in [4.69, 9.17) is 19.9 Å². The number of fused-ring (bicyclic) bond motifs is 4. The third-order valence-electron chi connectivity index (χ3n) is 7.21. The molecule has 0 aliphatic heterocycles. The Labute approximate surface area is 239 Å². The standard InChI is InChI=1S/C35H21N5S/c1-2-9-22(10-3-1)31-33-32(27-13-5-7-15-29(27)41-33)40-35(39-31)24-18-16-23(17-19-24)34-37-28-14-6-4-12-26(28)30(38-34)25-11-8-20-36-21-25/h1-21H. The fourth-order valence-corrected chi connectivity index (χ4v) is 6.36. The van der Waals surface area contributed by atoms with Crippen LogP contribution in [0.15, 0.2) is 128 Å². The van der Waals surface area contributed by atoms with Gasteiger partial charge in [0.15, 0.2) is 11.6 Å². The number of nitrogens with zero attached hydrogens (tertiary/aromatic N) is 5. The van der Waals surface area contributed by atoms with E-state index in [9.17, 15) is 0 Å². The average molecular weight is 544 g/mol. The lowest BCUT2D eigenvalue weighted by atomic mass is 10.1. The fraction of sp³-hybridized carbons (Fsp3) is 0. The van der Waals surface area contributed by atoms with Crippen LogP contribution < -0.4 is 0 Å². The summed E-state index contributed by atoms with van der Waals surface area (Å²) in [6.45, 7) is 0. The Hall–Kier alpha value is -5.33. The molecule has 41 heavy (non-hydrogen) atoms. The van der Waals surface area contributed by atoms with E-state index < -0.39 is 0 Å². The highest BCUT2D eigenvalue weighted by Crippen LogP contribution is 2.39. The molecule has 4 aromatic carbocycles. The first-order valence-electron chi connectivity index (χ1n) is 13.3. The topological polar surface area (TPSA) is 64.5 Å². The molecule has 4 aromatic heterocycles. The Bertz CT molecular complexity index is 2190. The number of rotatable bonds is 4. The van der Waals surface area contributed by atoms with E-state index >= 15 is 0 Å². The van der Waals surface area contributed by atoms with Gasteiger partial charge in [-0.05, 0) is 24.3 Å². The van der Waals surface area contributed by atoms with Gasteiger partial charge >= 0.3 is 0 Å². The van der Waals surface area contributed by atoms with Gasteiger partial charge in [0.1, 0.15) is 0 Å². The summed E-state index contributed by atoms with van der Waals surface area (Å²) in [7, 11) is 0. The van der Waals surface area contributed by atoms with Crippen molar-refractivity contribution in [2.24, 2.45) is 0 Å². The van der Waals surface area contributed by atoms with Gasteiger partial charge in [-0.2, -0.15) is 0 Å². The van der Waals surface area contributed by atoms with Crippen LogP contribution in [0.4, 0.5) is 0 Å². The smallest absolute Gasteiger partial charge is 0.160 e. The summed E-state index contributed by atoms with van der Waals surface area (Å²) in [4.78, 5) is 24.4. The summed E-state index contributed by atoms with van der Waals surface area (Å²) in [5.74, 6) is 1.36. The van der Waals surface area contributed by atoms with Crippen molar-refractivity contribution in [3.63, 3.8) is 0 Å². The summed E-state index contributed by atoms with van der Waals surface area (Å²) in [6, 6.07) is 39.0. The number of pyridine rings is 1. The Morgan fingerprint density at radius 3 is 1.90 bits per heavy atom. The SMILES string of the molecule is c1ccc(-c2nc(-c3ccc(-c4nc(-c5cccnc5)c5ccccc5n4)cc3)nc3c2sc2ccccc23)cc1. The quantitative estimate of drug-likeness (QED) is 0.222. The van der Waals surface area contributed by atoms with Crippen LogP contribution in [0.1, 0.15) is 0 Å². The van der Waals surface area contributed by atoms with Crippen LogP contribution in [0.5, 0.6) is 0 Å². The second-order valence-electron chi connectivity index (χ2n) is 9.77. The summed E-state index contributed by atoms with van der Waals surface area (Å²) in [5, 5.41) is 2.15. The normalized spacial score (nSPS) is 11.4. The predicted molar refractivity (Wildman–Crippen MR) is 168 cm³/mol. The molecule has 0 N–H and O–H groups in total. The highest BCUT2D eigenvalue weighted by molar-refractivity contribution is 7.26.